The fourth-order valence-electron chi connectivity index (χ4n) is 4.18. The first kappa shape index (κ1) is 26.0. The van der Waals surface area contributed by atoms with Crippen molar-refractivity contribution in [2.45, 2.75) is 46.0 Å². The van der Waals surface area contributed by atoms with Crippen LogP contribution < -0.4 is 0 Å². The molecule has 6 nitrogen and oxygen atoms in total. The molecule has 190 valence electrons. The monoisotopic (exact) mass is 495 g/mol. The second kappa shape index (κ2) is 12.8. The molecule has 0 aliphatic rings. The standard InChI is InChI=1S/C31H33N3O3/c1-3-5-12-23(4-2)31(36)37-20-19-22-17-18-26(27(35)21-22)30-33-28(24-13-8-6-9-14-24)32-29(34-30)25-15-10-7-11-16-25/h6-11,13-18,21,23,35H,3-5,12,19-20H2,1-2H3. The molecule has 37 heavy (non-hydrogen) atoms. The quantitative estimate of drug-likeness (QED) is 0.228. The molecule has 0 bridgehead atoms. The number of aromatic hydroxyl groups is 1. The highest BCUT2D eigenvalue weighted by Gasteiger charge is 2.18. The molecule has 1 unspecified atom stereocenters. The van der Waals surface area contributed by atoms with Crippen LogP contribution in [0.5, 0.6) is 5.75 Å². The number of phenols is 1. The zero-order valence-corrected chi connectivity index (χ0v) is 21.4. The van der Waals surface area contributed by atoms with Crippen LogP contribution >= 0.6 is 0 Å². The van der Waals surface area contributed by atoms with Crippen LogP contribution in [0.3, 0.4) is 0 Å². The molecule has 1 atom stereocenters. The summed E-state index contributed by atoms with van der Waals surface area (Å²) >= 11 is 0. The lowest BCUT2D eigenvalue weighted by molar-refractivity contribution is -0.148. The average Bonchev–Trinajstić information content (AvgIpc) is 2.94. The number of hydrogen-bond donors (Lipinski definition) is 1. The highest BCUT2D eigenvalue weighted by molar-refractivity contribution is 5.72. The first-order chi connectivity index (χ1) is 18.1. The Balaban J connectivity index is 1.55. The Labute approximate surface area is 218 Å². The number of carbonyl (C=O) groups excluding carboxylic acids is 1. The molecule has 1 aromatic heterocycles. The Hall–Kier alpha value is -4.06. The lowest BCUT2D eigenvalue weighted by Crippen LogP contribution is -2.18. The van der Waals surface area contributed by atoms with Crippen LogP contribution in [0.25, 0.3) is 34.2 Å². The highest BCUT2D eigenvalue weighted by Crippen LogP contribution is 2.31. The predicted octanol–water partition coefficient (Wildman–Crippen LogP) is 6.88. The second-order valence-corrected chi connectivity index (χ2v) is 9.05. The normalized spacial score (nSPS) is 11.7. The van der Waals surface area contributed by atoms with E-state index in [9.17, 15) is 9.90 Å². The van der Waals surface area contributed by atoms with Gasteiger partial charge in [0.1, 0.15) is 5.75 Å². The first-order valence-corrected chi connectivity index (χ1v) is 12.9. The molecule has 1 N–H and O–H groups in total. The Bertz CT molecular complexity index is 1250. The van der Waals surface area contributed by atoms with Crippen LogP contribution in [-0.4, -0.2) is 32.6 Å². The van der Waals surface area contributed by atoms with Gasteiger partial charge in [0, 0.05) is 17.5 Å². The van der Waals surface area contributed by atoms with Crippen molar-refractivity contribution in [3.05, 3.63) is 84.4 Å². The maximum atomic E-state index is 12.4. The molecule has 0 amide bonds. The van der Waals surface area contributed by atoms with Gasteiger partial charge >= 0.3 is 5.97 Å². The van der Waals surface area contributed by atoms with Crippen LogP contribution in [0.1, 0.15) is 45.1 Å². The van der Waals surface area contributed by atoms with Crippen molar-refractivity contribution in [3.8, 4) is 39.9 Å². The maximum absolute atomic E-state index is 12.4. The van der Waals surface area contributed by atoms with Crippen LogP contribution in [0.2, 0.25) is 0 Å². The molecular formula is C31H33N3O3. The van der Waals surface area contributed by atoms with E-state index in [4.69, 9.17) is 9.72 Å². The van der Waals surface area contributed by atoms with Gasteiger partial charge in [-0.3, -0.25) is 4.79 Å². The molecule has 3 aromatic carbocycles. The van der Waals surface area contributed by atoms with E-state index in [0.717, 1.165) is 42.4 Å². The van der Waals surface area contributed by atoms with Crippen molar-refractivity contribution in [2.75, 3.05) is 6.61 Å². The number of rotatable bonds is 11. The van der Waals surface area contributed by atoms with Crippen molar-refractivity contribution in [2.24, 2.45) is 5.92 Å². The molecule has 4 rings (SSSR count). The number of benzene rings is 3. The van der Waals surface area contributed by atoms with E-state index in [1.54, 1.807) is 6.07 Å². The minimum absolute atomic E-state index is 0.0443. The fourth-order valence-corrected chi connectivity index (χ4v) is 4.18. The zero-order valence-electron chi connectivity index (χ0n) is 21.4. The zero-order chi connectivity index (χ0) is 26.0. The molecule has 4 aromatic rings. The molecule has 0 aliphatic heterocycles. The van der Waals surface area contributed by atoms with Crippen LogP contribution in [0.15, 0.2) is 78.9 Å². The number of hydrogen-bond acceptors (Lipinski definition) is 6. The summed E-state index contributed by atoms with van der Waals surface area (Å²) in [5.74, 6) is 1.36. The molecular weight excluding hydrogens is 462 g/mol. The van der Waals surface area contributed by atoms with Gasteiger partial charge in [-0.15, -0.1) is 0 Å². The van der Waals surface area contributed by atoms with Crippen LogP contribution in [0, 0.1) is 5.92 Å². The van der Waals surface area contributed by atoms with Gasteiger partial charge < -0.3 is 9.84 Å². The van der Waals surface area contributed by atoms with Crippen molar-refractivity contribution in [3.63, 3.8) is 0 Å². The number of ether oxygens (including phenoxy) is 1. The molecule has 0 saturated carbocycles. The third-order valence-corrected chi connectivity index (χ3v) is 6.37. The summed E-state index contributed by atoms with van der Waals surface area (Å²) in [6, 6.07) is 24.8. The van der Waals surface area contributed by atoms with Gasteiger partial charge in [-0.1, -0.05) is 93.4 Å². The van der Waals surface area contributed by atoms with Gasteiger partial charge in [0.15, 0.2) is 17.5 Å². The van der Waals surface area contributed by atoms with E-state index in [-0.39, 0.29) is 24.2 Å². The number of carbonyl (C=O) groups is 1. The summed E-state index contributed by atoms with van der Waals surface area (Å²) in [5, 5.41) is 10.9. The van der Waals surface area contributed by atoms with Gasteiger partial charge in [-0.2, -0.15) is 0 Å². The predicted molar refractivity (Wildman–Crippen MR) is 146 cm³/mol. The third kappa shape index (κ3) is 6.79. The fraction of sp³-hybridized carbons (Fsp3) is 0.290. The van der Waals surface area contributed by atoms with Gasteiger partial charge in [-0.05, 0) is 30.5 Å². The minimum Gasteiger partial charge on any atom is -0.507 e. The summed E-state index contributed by atoms with van der Waals surface area (Å²) < 4.78 is 5.53. The summed E-state index contributed by atoms with van der Waals surface area (Å²) in [6.45, 7) is 4.42. The summed E-state index contributed by atoms with van der Waals surface area (Å²) in [6.07, 6.45) is 4.26. The van der Waals surface area contributed by atoms with E-state index in [1.165, 1.54) is 0 Å². The molecule has 0 spiro atoms. The van der Waals surface area contributed by atoms with E-state index < -0.39 is 0 Å². The molecule has 6 heteroatoms. The molecule has 0 radical (unpaired) electrons. The SMILES string of the molecule is CCCCC(CC)C(=O)OCCc1ccc(-c2nc(-c3ccccc3)nc(-c3ccccc3)n2)c(O)c1. The highest BCUT2D eigenvalue weighted by atomic mass is 16.5. The Morgan fingerprint density at radius 1 is 0.838 bits per heavy atom. The average molecular weight is 496 g/mol. The number of esters is 1. The largest absolute Gasteiger partial charge is 0.507 e. The van der Waals surface area contributed by atoms with Gasteiger partial charge in [0.05, 0.1) is 18.1 Å². The van der Waals surface area contributed by atoms with E-state index in [2.05, 4.69) is 16.9 Å². The summed E-state index contributed by atoms with van der Waals surface area (Å²) in [7, 11) is 0. The van der Waals surface area contributed by atoms with Crippen molar-refractivity contribution in [1.29, 1.82) is 0 Å². The first-order valence-electron chi connectivity index (χ1n) is 12.9. The lowest BCUT2D eigenvalue weighted by Gasteiger charge is -2.14. The van der Waals surface area contributed by atoms with Gasteiger partial charge in [-0.25, -0.2) is 15.0 Å². The summed E-state index contributed by atoms with van der Waals surface area (Å²) in [5.41, 5.74) is 3.12. The topological polar surface area (TPSA) is 85.2 Å². The number of aromatic nitrogens is 3. The van der Waals surface area contributed by atoms with Gasteiger partial charge in [0.2, 0.25) is 0 Å². The maximum Gasteiger partial charge on any atom is 0.308 e. The van der Waals surface area contributed by atoms with E-state index >= 15 is 0 Å². The molecule has 0 aliphatic carbocycles. The Morgan fingerprint density at radius 3 is 1.97 bits per heavy atom. The third-order valence-electron chi connectivity index (χ3n) is 6.37. The number of unbranched alkanes of at least 4 members (excludes halogenated alkanes) is 1. The number of nitrogens with zero attached hydrogens (tertiary/aromatic N) is 3. The molecule has 0 saturated heterocycles. The van der Waals surface area contributed by atoms with Crippen LogP contribution in [-0.2, 0) is 16.0 Å². The van der Waals surface area contributed by atoms with Crippen molar-refractivity contribution in [1.82, 2.24) is 15.0 Å². The Morgan fingerprint density at radius 2 is 1.43 bits per heavy atom. The second-order valence-electron chi connectivity index (χ2n) is 9.05. The molecule has 0 fully saturated rings. The number of phenolic OH excluding ortho intramolecular Hbond substituents is 1. The van der Waals surface area contributed by atoms with Gasteiger partial charge in [0.25, 0.3) is 0 Å². The lowest BCUT2D eigenvalue weighted by atomic mass is 10.00. The summed E-state index contributed by atoms with van der Waals surface area (Å²) in [4.78, 5) is 26.4. The molecule has 1 heterocycles. The smallest absolute Gasteiger partial charge is 0.308 e. The van der Waals surface area contributed by atoms with E-state index in [1.807, 2.05) is 79.7 Å². The van der Waals surface area contributed by atoms with Crippen molar-refractivity contribution >= 4 is 5.97 Å². The van der Waals surface area contributed by atoms with E-state index in [0.29, 0.717) is 29.5 Å². The Kier molecular flexibility index (Phi) is 8.98. The van der Waals surface area contributed by atoms with Crippen molar-refractivity contribution < 1.29 is 14.6 Å². The minimum atomic E-state index is -0.135. The van der Waals surface area contributed by atoms with Crippen LogP contribution in [0.4, 0.5) is 0 Å².